The van der Waals surface area contributed by atoms with Crippen molar-refractivity contribution in [2.45, 2.75) is 64.6 Å². The van der Waals surface area contributed by atoms with Gasteiger partial charge in [0.2, 0.25) is 0 Å². The summed E-state index contributed by atoms with van der Waals surface area (Å²) in [6, 6.07) is 8.33. The second-order valence-corrected chi connectivity index (χ2v) is 9.64. The molecule has 0 saturated heterocycles. The van der Waals surface area contributed by atoms with E-state index in [0.717, 1.165) is 28.7 Å². The predicted molar refractivity (Wildman–Crippen MR) is 114 cm³/mol. The van der Waals surface area contributed by atoms with Crippen molar-refractivity contribution in [2.24, 2.45) is 11.3 Å². The van der Waals surface area contributed by atoms with Crippen LogP contribution in [-0.4, -0.2) is 33.4 Å². The van der Waals surface area contributed by atoms with Gasteiger partial charge in [-0.15, -0.1) is 10.2 Å². The summed E-state index contributed by atoms with van der Waals surface area (Å²) in [6.07, 6.45) is 4.85. The molecule has 1 aromatic carbocycles. The zero-order chi connectivity index (χ0) is 20.3. The summed E-state index contributed by atoms with van der Waals surface area (Å²) in [5.74, 6) is 2.93. The summed E-state index contributed by atoms with van der Waals surface area (Å²) >= 11 is 1.52. The smallest absolute Gasteiger partial charge is 0.192 e. The lowest BCUT2D eigenvalue weighted by Gasteiger charge is -2.31. The number of Topliss-reactive ketones (excluding diaryl/α,β-unsaturated/α-hetero) is 1. The molecule has 1 aliphatic carbocycles. The van der Waals surface area contributed by atoms with E-state index in [1.165, 1.54) is 31.0 Å². The van der Waals surface area contributed by atoms with Gasteiger partial charge in [0.05, 0.1) is 12.9 Å². The third-order valence-corrected chi connectivity index (χ3v) is 6.52. The lowest BCUT2D eigenvalue weighted by atomic mass is 9.85. The van der Waals surface area contributed by atoms with Crippen LogP contribution in [0.5, 0.6) is 5.75 Å². The molecule has 0 aliphatic heterocycles. The zero-order valence-corrected chi connectivity index (χ0v) is 18.4. The van der Waals surface area contributed by atoms with Crippen LogP contribution in [0.1, 0.15) is 59.4 Å². The number of rotatable bonds is 6. The molecule has 0 spiro atoms. The maximum absolute atomic E-state index is 12.4. The van der Waals surface area contributed by atoms with Crippen LogP contribution in [-0.2, 0) is 4.79 Å². The van der Waals surface area contributed by atoms with Gasteiger partial charge in [-0.3, -0.25) is 9.36 Å². The van der Waals surface area contributed by atoms with E-state index in [1.54, 1.807) is 7.11 Å². The second kappa shape index (κ2) is 8.68. The van der Waals surface area contributed by atoms with E-state index in [9.17, 15) is 4.79 Å². The number of nitrogens with zero attached hydrogens (tertiary/aromatic N) is 3. The van der Waals surface area contributed by atoms with Crippen LogP contribution in [0.15, 0.2) is 29.4 Å². The molecule has 1 fully saturated rings. The highest BCUT2D eigenvalue weighted by Gasteiger charge is 2.29. The van der Waals surface area contributed by atoms with Gasteiger partial charge in [0.25, 0.3) is 0 Å². The molecule has 5 nitrogen and oxygen atoms in total. The molecular formula is C22H31N3O2S. The molecule has 0 N–H and O–H groups in total. The Kier molecular flexibility index (Phi) is 6.48. The molecule has 1 aliphatic rings. The molecule has 0 bridgehead atoms. The minimum atomic E-state index is -0.338. The van der Waals surface area contributed by atoms with Crippen molar-refractivity contribution in [3.05, 3.63) is 24.3 Å². The van der Waals surface area contributed by atoms with E-state index >= 15 is 0 Å². The highest BCUT2D eigenvalue weighted by atomic mass is 32.2. The van der Waals surface area contributed by atoms with E-state index in [-0.39, 0.29) is 11.2 Å². The standard InChI is InChI=1S/C22H31N3O2S/c1-15-8-6-7-9-18(15)25-20(16-10-12-17(27-5)13-11-16)23-24-21(25)28-14-19(26)22(2,3)4/h10-13,15,18H,6-9,14H2,1-5H3/t15-,18-/m0/s1. The second-order valence-electron chi connectivity index (χ2n) is 8.70. The van der Waals surface area contributed by atoms with E-state index in [2.05, 4.69) is 21.7 Å². The fourth-order valence-corrected chi connectivity index (χ4v) is 4.79. The number of carbonyl (C=O) groups excluding carboxylic acids is 1. The molecular weight excluding hydrogens is 370 g/mol. The first-order chi connectivity index (χ1) is 13.3. The monoisotopic (exact) mass is 401 g/mol. The molecule has 0 unspecified atom stereocenters. The summed E-state index contributed by atoms with van der Waals surface area (Å²) in [4.78, 5) is 12.4. The molecule has 0 amide bonds. The highest BCUT2D eigenvalue weighted by Crippen LogP contribution is 2.39. The fraction of sp³-hybridized carbons (Fsp3) is 0.591. The number of benzene rings is 1. The molecule has 1 aromatic heterocycles. The van der Waals surface area contributed by atoms with Crippen molar-refractivity contribution in [1.82, 2.24) is 14.8 Å². The average molecular weight is 402 g/mol. The van der Waals surface area contributed by atoms with Crippen LogP contribution >= 0.6 is 11.8 Å². The summed E-state index contributed by atoms with van der Waals surface area (Å²) < 4.78 is 7.57. The number of methoxy groups -OCH3 is 1. The minimum Gasteiger partial charge on any atom is -0.497 e. The third-order valence-electron chi connectivity index (χ3n) is 5.58. The number of hydrogen-bond acceptors (Lipinski definition) is 5. The molecule has 28 heavy (non-hydrogen) atoms. The number of hydrogen-bond donors (Lipinski definition) is 0. The Labute approximate surface area is 172 Å². The molecule has 0 radical (unpaired) electrons. The van der Waals surface area contributed by atoms with Crippen molar-refractivity contribution >= 4 is 17.5 Å². The first kappa shape index (κ1) is 20.9. The Morgan fingerprint density at radius 3 is 2.46 bits per heavy atom. The Bertz CT molecular complexity index is 808. The average Bonchev–Trinajstić information content (AvgIpc) is 3.09. The van der Waals surface area contributed by atoms with Gasteiger partial charge in [-0.25, -0.2) is 0 Å². The van der Waals surface area contributed by atoms with Crippen LogP contribution < -0.4 is 4.74 Å². The molecule has 1 heterocycles. The number of carbonyl (C=O) groups is 1. The van der Waals surface area contributed by atoms with Gasteiger partial charge in [0.1, 0.15) is 11.5 Å². The number of thioether (sulfide) groups is 1. The quantitative estimate of drug-likeness (QED) is 0.606. The maximum atomic E-state index is 12.4. The number of ether oxygens (including phenoxy) is 1. The van der Waals surface area contributed by atoms with Gasteiger partial charge in [0, 0.05) is 17.0 Å². The van der Waals surface area contributed by atoms with Crippen molar-refractivity contribution < 1.29 is 9.53 Å². The number of aromatic nitrogens is 3. The lowest BCUT2D eigenvalue weighted by molar-refractivity contribution is -0.123. The van der Waals surface area contributed by atoms with E-state index in [0.29, 0.717) is 17.7 Å². The van der Waals surface area contributed by atoms with Gasteiger partial charge in [-0.1, -0.05) is 52.3 Å². The van der Waals surface area contributed by atoms with Crippen LogP contribution in [0, 0.1) is 11.3 Å². The Morgan fingerprint density at radius 1 is 1.18 bits per heavy atom. The van der Waals surface area contributed by atoms with Gasteiger partial charge in [-0.05, 0) is 43.0 Å². The molecule has 2 atom stereocenters. The molecule has 1 saturated carbocycles. The zero-order valence-electron chi connectivity index (χ0n) is 17.6. The lowest BCUT2D eigenvalue weighted by Crippen LogP contribution is -2.24. The van der Waals surface area contributed by atoms with E-state index in [4.69, 9.17) is 4.74 Å². The first-order valence-electron chi connectivity index (χ1n) is 10.1. The fourth-order valence-electron chi connectivity index (χ4n) is 3.64. The summed E-state index contributed by atoms with van der Waals surface area (Å²) in [7, 11) is 1.67. The van der Waals surface area contributed by atoms with Crippen LogP contribution in [0.3, 0.4) is 0 Å². The summed E-state index contributed by atoms with van der Waals surface area (Å²) in [6.45, 7) is 8.21. The van der Waals surface area contributed by atoms with Crippen molar-refractivity contribution in [3.8, 4) is 17.1 Å². The summed E-state index contributed by atoms with van der Waals surface area (Å²) in [5, 5.41) is 9.87. The van der Waals surface area contributed by atoms with Crippen LogP contribution in [0.4, 0.5) is 0 Å². The Hall–Kier alpha value is -1.82. The normalized spacial score (nSPS) is 20.2. The number of ketones is 1. The van der Waals surface area contributed by atoms with E-state index < -0.39 is 0 Å². The highest BCUT2D eigenvalue weighted by molar-refractivity contribution is 7.99. The molecule has 6 heteroatoms. The predicted octanol–water partition coefficient (Wildman–Crippen LogP) is 5.41. The van der Waals surface area contributed by atoms with Crippen molar-refractivity contribution in [3.63, 3.8) is 0 Å². The SMILES string of the molecule is COc1ccc(-c2nnc(SCC(=O)C(C)(C)C)n2[C@H]2CCCC[C@@H]2C)cc1. The van der Waals surface area contributed by atoms with Crippen LogP contribution in [0.2, 0.25) is 0 Å². The largest absolute Gasteiger partial charge is 0.497 e. The van der Waals surface area contributed by atoms with Gasteiger partial charge < -0.3 is 4.74 Å². The van der Waals surface area contributed by atoms with Gasteiger partial charge in [-0.2, -0.15) is 0 Å². The third kappa shape index (κ3) is 4.59. The molecule has 3 rings (SSSR count). The summed E-state index contributed by atoms with van der Waals surface area (Å²) in [5.41, 5.74) is 0.689. The van der Waals surface area contributed by atoms with Gasteiger partial charge >= 0.3 is 0 Å². The van der Waals surface area contributed by atoms with Crippen molar-refractivity contribution in [1.29, 1.82) is 0 Å². The first-order valence-corrected chi connectivity index (χ1v) is 11.0. The Balaban J connectivity index is 1.95. The molecule has 152 valence electrons. The van der Waals surface area contributed by atoms with E-state index in [1.807, 2.05) is 45.0 Å². The molecule has 2 aromatic rings. The van der Waals surface area contributed by atoms with Crippen LogP contribution in [0.25, 0.3) is 11.4 Å². The maximum Gasteiger partial charge on any atom is 0.192 e. The van der Waals surface area contributed by atoms with Crippen molar-refractivity contribution in [2.75, 3.05) is 12.9 Å². The minimum absolute atomic E-state index is 0.231. The Morgan fingerprint density at radius 2 is 1.86 bits per heavy atom. The topological polar surface area (TPSA) is 57.0 Å². The van der Waals surface area contributed by atoms with Gasteiger partial charge in [0.15, 0.2) is 11.0 Å².